The molecule has 0 aliphatic carbocycles. The first-order valence-corrected chi connectivity index (χ1v) is 12.5. The average molecular weight is 522 g/mol. The zero-order chi connectivity index (χ0) is 26.2. The van der Waals surface area contributed by atoms with Gasteiger partial charge in [-0.25, -0.2) is 13.8 Å². The number of hydrogen-bond donors (Lipinski definition) is 2. The molecule has 0 fully saturated rings. The number of carboxylic acids is 1. The van der Waals surface area contributed by atoms with Gasteiger partial charge in [0, 0.05) is 36.1 Å². The second-order valence-electron chi connectivity index (χ2n) is 8.42. The molecule has 0 radical (unpaired) electrons. The molecule has 9 heteroatoms. The maximum atomic E-state index is 13.7. The lowest BCUT2D eigenvalue weighted by molar-refractivity contribution is -0.136. The van der Waals surface area contributed by atoms with Crippen LogP contribution >= 0.6 is 11.3 Å². The van der Waals surface area contributed by atoms with Gasteiger partial charge >= 0.3 is 5.97 Å². The predicted octanol–water partition coefficient (Wildman–Crippen LogP) is 5.54. The summed E-state index contributed by atoms with van der Waals surface area (Å²) in [6.45, 7) is 1.15. The minimum atomic E-state index is -0.973. The molecule has 1 aromatic heterocycles. The van der Waals surface area contributed by atoms with E-state index >= 15 is 0 Å². The molecule has 2 N–H and O–H groups in total. The van der Waals surface area contributed by atoms with Crippen LogP contribution in [-0.4, -0.2) is 35.1 Å². The van der Waals surface area contributed by atoms with Gasteiger partial charge in [-0.2, -0.15) is 0 Å². The molecule has 0 bridgehead atoms. The second-order valence-corrected chi connectivity index (χ2v) is 9.26. The van der Waals surface area contributed by atoms with Crippen LogP contribution in [0.1, 0.15) is 27.9 Å². The van der Waals surface area contributed by atoms with Crippen LogP contribution in [-0.2, 0) is 17.8 Å². The first-order chi connectivity index (χ1) is 17.9. The number of aromatic nitrogens is 1. The molecule has 0 aliphatic rings. The van der Waals surface area contributed by atoms with E-state index in [1.54, 1.807) is 30.3 Å². The van der Waals surface area contributed by atoms with Crippen molar-refractivity contribution >= 4 is 28.3 Å². The summed E-state index contributed by atoms with van der Waals surface area (Å²) in [4.78, 5) is 29.7. The van der Waals surface area contributed by atoms with Gasteiger partial charge in [-0.3, -0.25) is 9.59 Å². The number of nitrogens with one attached hydrogen (secondary N) is 1. The first kappa shape index (κ1) is 26.0. The molecular formula is C28H25F2N3O3S. The van der Waals surface area contributed by atoms with Gasteiger partial charge in [0.2, 0.25) is 0 Å². The monoisotopic (exact) mass is 521 g/mol. The molecule has 6 nitrogen and oxygen atoms in total. The number of benzene rings is 3. The van der Waals surface area contributed by atoms with E-state index in [2.05, 4.69) is 10.2 Å². The van der Waals surface area contributed by atoms with E-state index in [9.17, 15) is 18.4 Å². The Hall–Kier alpha value is -4.11. The van der Waals surface area contributed by atoms with Crippen LogP contribution in [0.25, 0.3) is 11.3 Å². The zero-order valence-electron chi connectivity index (χ0n) is 19.9. The molecule has 0 spiro atoms. The van der Waals surface area contributed by atoms with Gasteiger partial charge in [0.1, 0.15) is 11.6 Å². The van der Waals surface area contributed by atoms with Crippen LogP contribution in [0, 0.1) is 11.6 Å². The van der Waals surface area contributed by atoms with Gasteiger partial charge in [-0.05, 0) is 66.1 Å². The van der Waals surface area contributed by atoms with E-state index < -0.39 is 5.97 Å². The third-order valence-corrected chi connectivity index (χ3v) is 6.58. The van der Waals surface area contributed by atoms with E-state index in [0.717, 1.165) is 27.5 Å². The van der Waals surface area contributed by atoms with Crippen LogP contribution in [0.15, 0.2) is 78.2 Å². The molecule has 0 saturated heterocycles. The molecule has 190 valence electrons. The van der Waals surface area contributed by atoms with Gasteiger partial charge in [0.15, 0.2) is 5.13 Å². The molecule has 4 rings (SSSR count). The Morgan fingerprint density at radius 3 is 2.41 bits per heavy atom. The molecule has 3 aromatic carbocycles. The third kappa shape index (κ3) is 7.44. The lowest BCUT2D eigenvalue weighted by Crippen LogP contribution is -2.26. The quantitative estimate of drug-likeness (QED) is 0.271. The molecule has 1 amide bonds. The number of nitrogens with zero attached hydrogens (tertiary/aromatic N) is 2. The van der Waals surface area contributed by atoms with Gasteiger partial charge < -0.3 is 15.3 Å². The van der Waals surface area contributed by atoms with E-state index in [-0.39, 0.29) is 30.5 Å². The van der Waals surface area contributed by atoms with E-state index in [1.165, 1.54) is 35.6 Å². The summed E-state index contributed by atoms with van der Waals surface area (Å²) in [5.41, 5.74) is 3.80. The Morgan fingerprint density at radius 1 is 0.946 bits per heavy atom. The van der Waals surface area contributed by atoms with Crippen molar-refractivity contribution in [1.29, 1.82) is 0 Å². The Kier molecular flexibility index (Phi) is 8.58. The second kappa shape index (κ2) is 12.2. The van der Waals surface area contributed by atoms with Crippen molar-refractivity contribution < 1.29 is 23.5 Å². The standard InChI is InChI=1S/C28H25F2N3O3S/c29-23-10-8-21(9-11-23)25-18-37-28(32-25)33(15-13-19-2-1-3-24(30)16-19)17-20-4-6-22(7-5-20)27(36)31-14-12-26(34)35/h1-11,16,18H,12-15,17H2,(H,31,36)(H,34,35). The smallest absolute Gasteiger partial charge is 0.305 e. The van der Waals surface area contributed by atoms with Crippen molar-refractivity contribution in [3.8, 4) is 11.3 Å². The minimum Gasteiger partial charge on any atom is -0.481 e. The lowest BCUT2D eigenvalue weighted by Gasteiger charge is -2.22. The number of thiazole rings is 1. The maximum absolute atomic E-state index is 13.7. The number of carbonyl (C=O) groups is 2. The third-order valence-electron chi connectivity index (χ3n) is 5.68. The summed E-state index contributed by atoms with van der Waals surface area (Å²) in [5.74, 6) is -1.90. The molecule has 0 atom stereocenters. The van der Waals surface area contributed by atoms with Crippen LogP contribution in [0.2, 0.25) is 0 Å². The summed E-state index contributed by atoms with van der Waals surface area (Å²) in [6, 6.07) is 19.7. The average Bonchev–Trinajstić information content (AvgIpc) is 3.37. The molecule has 0 aliphatic heterocycles. The lowest BCUT2D eigenvalue weighted by atomic mass is 10.1. The molecule has 0 saturated carbocycles. The van der Waals surface area contributed by atoms with Gasteiger partial charge in [-0.15, -0.1) is 11.3 Å². The zero-order valence-corrected chi connectivity index (χ0v) is 20.7. The number of rotatable bonds is 11. The number of amides is 1. The number of hydrogen-bond acceptors (Lipinski definition) is 5. The number of halogens is 2. The number of carbonyl (C=O) groups excluding carboxylic acids is 1. The van der Waals surface area contributed by atoms with Crippen molar-refractivity contribution in [2.45, 2.75) is 19.4 Å². The van der Waals surface area contributed by atoms with Crippen LogP contribution in [0.3, 0.4) is 0 Å². The van der Waals surface area contributed by atoms with Gasteiger partial charge in [-0.1, -0.05) is 24.3 Å². The Bertz CT molecular complexity index is 1360. The first-order valence-electron chi connectivity index (χ1n) is 11.7. The minimum absolute atomic E-state index is 0.0597. The topological polar surface area (TPSA) is 82.5 Å². The predicted molar refractivity (Wildman–Crippen MR) is 140 cm³/mol. The molecule has 4 aromatic rings. The Morgan fingerprint density at radius 2 is 1.70 bits per heavy atom. The van der Waals surface area contributed by atoms with Crippen LogP contribution in [0.4, 0.5) is 13.9 Å². The summed E-state index contributed by atoms with van der Waals surface area (Å²) >= 11 is 1.47. The molecule has 1 heterocycles. The van der Waals surface area contributed by atoms with Crippen molar-refractivity contribution in [2.24, 2.45) is 0 Å². The van der Waals surface area contributed by atoms with Crippen LogP contribution < -0.4 is 10.2 Å². The maximum Gasteiger partial charge on any atom is 0.305 e. The summed E-state index contributed by atoms with van der Waals surface area (Å²) in [5, 5.41) is 14.0. The fourth-order valence-corrected chi connectivity index (χ4v) is 4.59. The number of anilines is 1. The van der Waals surface area contributed by atoms with E-state index in [1.807, 2.05) is 23.6 Å². The fraction of sp³-hybridized carbons (Fsp3) is 0.179. The van der Waals surface area contributed by atoms with Crippen molar-refractivity contribution in [3.05, 3.63) is 107 Å². The summed E-state index contributed by atoms with van der Waals surface area (Å²) in [6.07, 6.45) is 0.463. The molecule has 0 unspecified atom stereocenters. The highest BCUT2D eigenvalue weighted by Crippen LogP contribution is 2.29. The van der Waals surface area contributed by atoms with E-state index in [4.69, 9.17) is 10.1 Å². The highest BCUT2D eigenvalue weighted by atomic mass is 32.1. The van der Waals surface area contributed by atoms with E-state index in [0.29, 0.717) is 25.1 Å². The summed E-state index contributed by atoms with van der Waals surface area (Å²) in [7, 11) is 0. The van der Waals surface area contributed by atoms with Crippen molar-refractivity contribution in [3.63, 3.8) is 0 Å². The number of carboxylic acid groups (broad SMARTS) is 1. The van der Waals surface area contributed by atoms with Crippen molar-refractivity contribution in [2.75, 3.05) is 18.0 Å². The van der Waals surface area contributed by atoms with Crippen molar-refractivity contribution in [1.82, 2.24) is 10.3 Å². The van der Waals surface area contributed by atoms with Gasteiger partial charge in [0.25, 0.3) is 5.91 Å². The van der Waals surface area contributed by atoms with Gasteiger partial charge in [0.05, 0.1) is 12.1 Å². The number of aliphatic carboxylic acids is 1. The normalized spacial score (nSPS) is 10.8. The highest BCUT2D eigenvalue weighted by molar-refractivity contribution is 7.14. The molecular weight excluding hydrogens is 496 g/mol. The van der Waals surface area contributed by atoms with Crippen LogP contribution in [0.5, 0.6) is 0 Å². The highest BCUT2D eigenvalue weighted by Gasteiger charge is 2.15. The molecule has 37 heavy (non-hydrogen) atoms. The SMILES string of the molecule is O=C(O)CCNC(=O)c1ccc(CN(CCc2cccc(F)c2)c2nc(-c3ccc(F)cc3)cs2)cc1. The summed E-state index contributed by atoms with van der Waals surface area (Å²) < 4.78 is 27.0. The Balaban J connectivity index is 1.50. The Labute approximate surface area is 217 Å². The fourth-order valence-electron chi connectivity index (χ4n) is 3.73. The largest absolute Gasteiger partial charge is 0.481 e.